The summed E-state index contributed by atoms with van der Waals surface area (Å²) < 4.78 is 12.3. The minimum absolute atomic E-state index is 0.0209. The van der Waals surface area contributed by atoms with Gasteiger partial charge in [-0.15, -0.1) is 0 Å². The van der Waals surface area contributed by atoms with Gasteiger partial charge in [0.2, 0.25) is 5.88 Å². The topological polar surface area (TPSA) is 67.2 Å². The molecule has 2 heterocycles. The summed E-state index contributed by atoms with van der Waals surface area (Å²) in [6.45, 7) is 3.33. The third-order valence-electron chi connectivity index (χ3n) is 6.72. The van der Waals surface area contributed by atoms with Crippen LogP contribution >= 0.6 is 22.6 Å². The van der Waals surface area contributed by atoms with E-state index in [4.69, 9.17) is 19.9 Å². The molecule has 5 rings (SSSR count). The average molecular weight is 604 g/mol. The zero-order valence-electron chi connectivity index (χ0n) is 20.8. The number of aromatic nitrogens is 1. The van der Waals surface area contributed by atoms with E-state index in [9.17, 15) is 0 Å². The van der Waals surface area contributed by atoms with Crippen LogP contribution in [0.1, 0.15) is 40.8 Å². The number of anilines is 1. The molecule has 0 bridgehead atoms. The first-order valence-corrected chi connectivity index (χ1v) is 13.6. The molecular formula is C31H30IN3O2. The van der Waals surface area contributed by atoms with E-state index in [1.807, 2.05) is 31.2 Å². The van der Waals surface area contributed by atoms with Crippen LogP contribution in [-0.4, -0.2) is 28.0 Å². The third kappa shape index (κ3) is 5.40. The van der Waals surface area contributed by atoms with Gasteiger partial charge in [-0.2, -0.15) is 0 Å². The number of hydrogen-bond acceptors (Lipinski definition) is 5. The summed E-state index contributed by atoms with van der Waals surface area (Å²) >= 11 is 2.06. The SMILES string of the molecule is Cc1cc(NC(c2ccccc2)(c2ccccc2)c2ccccc2)c(C(=N)I)c(OC2CCOCC2)n1. The second-order valence-corrected chi connectivity index (χ2v) is 10.3. The highest BCUT2D eigenvalue weighted by molar-refractivity contribution is 14.1. The van der Waals surface area contributed by atoms with Gasteiger partial charge in [-0.05, 0) is 52.3 Å². The van der Waals surface area contributed by atoms with Crippen molar-refractivity contribution in [1.29, 1.82) is 5.41 Å². The molecule has 1 fully saturated rings. The van der Waals surface area contributed by atoms with E-state index in [0.717, 1.165) is 40.9 Å². The zero-order valence-corrected chi connectivity index (χ0v) is 22.9. The minimum Gasteiger partial charge on any atom is -0.474 e. The standard InChI is InChI=1S/C31H30IN3O2/c1-22-21-27(28(29(32)33)30(34-22)37-26-17-19-36-20-18-26)35-31(23-11-5-2-6-12-23,24-13-7-3-8-14-24)25-15-9-4-10-16-25/h2-16,21,26,33H,17-20H2,1H3,(H,34,35). The Bertz CT molecular complexity index is 1240. The predicted octanol–water partition coefficient (Wildman–Crippen LogP) is 7.11. The molecule has 0 unspecified atom stereocenters. The quantitative estimate of drug-likeness (QED) is 0.128. The van der Waals surface area contributed by atoms with Crippen LogP contribution in [0.2, 0.25) is 0 Å². The Morgan fingerprint density at radius 2 is 1.38 bits per heavy atom. The van der Waals surface area contributed by atoms with Crippen molar-refractivity contribution < 1.29 is 9.47 Å². The maximum Gasteiger partial charge on any atom is 0.226 e. The van der Waals surface area contributed by atoms with Crippen LogP contribution in [-0.2, 0) is 10.3 Å². The molecule has 6 heteroatoms. The average Bonchev–Trinajstić information content (AvgIpc) is 2.93. The molecule has 0 aliphatic carbocycles. The van der Waals surface area contributed by atoms with Gasteiger partial charge < -0.3 is 14.8 Å². The zero-order chi connectivity index (χ0) is 25.7. The van der Waals surface area contributed by atoms with Crippen LogP contribution in [0.25, 0.3) is 0 Å². The van der Waals surface area contributed by atoms with E-state index in [0.29, 0.717) is 28.4 Å². The summed E-state index contributed by atoms with van der Waals surface area (Å²) in [5.41, 5.74) is 4.89. The van der Waals surface area contributed by atoms with E-state index in [2.05, 4.69) is 101 Å². The first-order chi connectivity index (χ1) is 18.1. The molecule has 3 aromatic carbocycles. The Balaban J connectivity index is 1.72. The van der Waals surface area contributed by atoms with Crippen molar-refractivity contribution >= 4 is 32.0 Å². The van der Waals surface area contributed by atoms with Gasteiger partial charge in [0.1, 0.15) is 15.4 Å². The number of ether oxygens (including phenoxy) is 2. The fourth-order valence-corrected chi connectivity index (χ4v) is 5.50. The number of nitrogens with one attached hydrogen (secondary N) is 2. The van der Waals surface area contributed by atoms with Crippen LogP contribution in [0.15, 0.2) is 97.1 Å². The van der Waals surface area contributed by atoms with Crippen molar-refractivity contribution in [3.8, 4) is 5.88 Å². The summed E-state index contributed by atoms with van der Waals surface area (Å²) in [5, 5.41) is 12.6. The summed E-state index contributed by atoms with van der Waals surface area (Å²) in [6.07, 6.45) is 1.65. The molecule has 1 aliphatic heterocycles. The molecular weight excluding hydrogens is 573 g/mol. The van der Waals surface area contributed by atoms with Gasteiger partial charge in [-0.25, -0.2) is 4.98 Å². The van der Waals surface area contributed by atoms with Gasteiger partial charge in [0.05, 0.1) is 24.5 Å². The molecule has 0 radical (unpaired) electrons. The molecule has 0 spiro atoms. The summed E-state index contributed by atoms with van der Waals surface area (Å²) in [4.78, 5) is 4.75. The van der Waals surface area contributed by atoms with Crippen molar-refractivity contribution in [3.05, 3.63) is 125 Å². The fourth-order valence-electron chi connectivity index (χ4n) is 4.98. The number of rotatable bonds is 8. The van der Waals surface area contributed by atoms with E-state index in [1.54, 1.807) is 0 Å². The Hall–Kier alpha value is -3.23. The molecule has 1 saturated heterocycles. The lowest BCUT2D eigenvalue weighted by Crippen LogP contribution is -2.38. The van der Waals surface area contributed by atoms with Gasteiger partial charge in [0.25, 0.3) is 0 Å². The van der Waals surface area contributed by atoms with Crippen LogP contribution in [0.3, 0.4) is 0 Å². The Morgan fingerprint density at radius 3 is 1.84 bits per heavy atom. The van der Waals surface area contributed by atoms with E-state index in [-0.39, 0.29) is 6.10 Å². The van der Waals surface area contributed by atoms with E-state index in [1.165, 1.54) is 0 Å². The van der Waals surface area contributed by atoms with Crippen LogP contribution in [0.5, 0.6) is 5.88 Å². The van der Waals surface area contributed by atoms with Crippen molar-refractivity contribution in [1.82, 2.24) is 4.98 Å². The number of pyridine rings is 1. The Kier molecular flexibility index (Phi) is 7.86. The predicted molar refractivity (Wildman–Crippen MR) is 157 cm³/mol. The molecule has 37 heavy (non-hydrogen) atoms. The summed E-state index contributed by atoms with van der Waals surface area (Å²) in [5.74, 6) is 0.497. The highest BCUT2D eigenvalue weighted by Gasteiger charge is 2.37. The normalized spacial score (nSPS) is 14.2. The maximum atomic E-state index is 8.73. The largest absolute Gasteiger partial charge is 0.474 e. The Morgan fingerprint density at radius 1 is 0.892 bits per heavy atom. The van der Waals surface area contributed by atoms with Gasteiger partial charge >= 0.3 is 0 Å². The smallest absolute Gasteiger partial charge is 0.226 e. The van der Waals surface area contributed by atoms with E-state index < -0.39 is 5.54 Å². The lowest BCUT2D eigenvalue weighted by molar-refractivity contribution is 0.0236. The molecule has 2 N–H and O–H groups in total. The second kappa shape index (κ2) is 11.4. The van der Waals surface area contributed by atoms with Crippen molar-refractivity contribution in [3.63, 3.8) is 0 Å². The molecule has 188 valence electrons. The van der Waals surface area contributed by atoms with Gasteiger partial charge in [-0.3, -0.25) is 5.41 Å². The number of benzene rings is 3. The van der Waals surface area contributed by atoms with Crippen molar-refractivity contribution in [2.24, 2.45) is 0 Å². The second-order valence-electron chi connectivity index (χ2n) is 9.21. The minimum atomic E-state index is -0.714. The maximum absolute atomic E-state index is 8.73. The number of hydrogen-bond donors (Lipinski definition) is 2. The van der Waals surface area contributed by atoms with E-state index >= 15 is 0 Å². The van der Waals surface area contributed by atoms with Crippen LogP contribution < -0.4 is 10.1 Å². The number of aryl methyl sites for hydroxylation is 1. The monoisotopic (exact) mass is 603 g/mol. The van der Waals surface area contributed by atoms with Crippen LogP contribution in [0, 0.1) is 12.3 Å². The Labute approximate surface area is 231 Å². The molecule has 1 aliphatic rings. The van der Waals surface area contributed by atoms with Crippen molar-refractivity contribution in [2.75, 3.05) is 18.5 Å². The first kappa shape index (κ1) is 25.4. The molecule has 1 aromatic heterocycles. The van der Waals surface area contributed by atoms with Crippen molar-refractivity contribution in [2.45, 2.75) is 31.4 Å². The molecule has 0 saturated carbocycles. The van der Waals surface area contributed by atoms with Gasteiger partial charge in [0, 0.05) is 18.5 Å². The van der Waals surface area contributed by atoms with Gasteiger partial charge in [-0.1, -0.05) is 91.0 Å². The molecule has 0 atom stereocenters. The molecule has 0 amide bonds. The summed E-state index contributed by atoms with van der Waals surface area (Å²) in [7, 11) is 0. The first-order valence-electron chi connectivity index (χ1n) is 12.5. The lowest BCUT2D eigenvalue weighted by atomic mass is 9.76. The van der Waals surface area contributed by atoms with Crippen LogP contribution in [0.4, 0.5) is 5.69 Å². The highest BCUT2D eigenvalue weighted by Crippen LogP contribution is 2.42. The third-order valence-corrected chi connectivity index (χ3v) is 7.26. The summed E-state index contributed by atoms with van der Waals surface area (Å²) in [6, 6.07) is 33.4. The number of nitrogens with zero attached hydrogens (tertiary/aromatic N) is 1. The lowest BCUT2D eigenvalue weighted by Gasteiger charge is -2.38. The molecule has 5 nitrogen and oxygen atoms in total. The fraction of sp³-hybridized carbons (Fsp3) is 0.226. The number of halogens is 1. The highest BCUT2D eigenvalue weighted by atomic mass is 127. The van der Waals surface area contributed by atoms with Gasteiger partial charge in [0.15, 0.2) is 0 Å². The molecule has 4 aromatic rings.